The highest BCUT2D eigenvalue weighted by Gasteiger charge is 2.26. The fourth-order valence-electron chi connectivity index (χ4n) is 3.45. The van der Waals surface area contributed by atoms with Gasteiger partial charge in [0.15, 0.2) is 5.96 Å². The largest absolute Gasteiger partial charge is 0.357 e. The number of nitrogens with one attached hydrogen (secondary N) is 2. The van der Waals surface area contributed by atoms with Crippen LogP contribution in [-0.2, 0) is 10.8 Å². The molecule has 6 heteroatoms. The van der Waals surface area contributed by atoms with Crippen LogP contribution in [0.15, 0.2) is 4.99 Å². The second-order valence-electron chi connectivity index (χ2n) is 7.77. The molecule has 0 aromatic carbocycles. The summed E-state index contributed by atoms with van der Waals surface area (Å²) >= 11 is 0. The fraction of sp³-hybridized carbons (Fsp3) is 0.947. The molecule has 1 saturated carbocycles. The van der Waals surface area contributed by atoms with Gasteiger partial charge in [0.1, 0.15) is 0 Å². The van der Waals surface area contributed by atoms with Gasteiger partial charge in [0.25, 0.3) is 0 Å². The molecule has 0 heterocycles. The molecular formula is C19H40N4OS. The number of aliphatic imine (C=N–C) groups is 1. The summed E-state index contributed by atoms with van der Waals surface area (Å²) in [6.45, 7) is 10.3. The van der Waals surface area contributed by atoms with E-state index in [4.69, 9.17) is 4.99 Å². The van der Waals surface area contributed by atoms with Gasteiger partial charge in [-0.1, -0.05) is 27.2 Å². The first-order valence-electron chi connectivity index (χ1n) is 9.95. The Kier molecular flexibility index (Phi) is 10.7. The Hall–Kier alpha value is -0.620. The number of guanidine groups is 1. The third-order valence-corrected chi connectivity index (χ3v) is 6.64. The predicted molar refractivity (Wildman–Crippen MR) is 111 cm³/mol. The van der Waals surface area contributed by atoms with Crippen molar-refractivity contribution in [3.8, 4) is 0 Å². The molecule has 1 fully saturated rings. The van der Waals surface area contributed by atoms with E-state index < -0.39 is 10.8 Å². The summed E-state index contributed by atoms with van der Waals surface area (Å²) in [5.74, 6) is 2.35. The van der Waals surface area contributed by atoms with E-state index in [-0.39, 0.29) is 0 Å². The van der Waals surface area contributed by atoms with Gasteiger partial charge in [-0.2, -0.15) is 0 Å². The molecule has 0 aromatic rings. The van der Waals surface area contributed by atoms with Gasteiger partial charge in [-0.05, 0) is 52.6 Å². The van der Waals surface area contributed by atoms with Gasteiger partial charge in [-0.3, -0.25) is 9.20 Å². The first kappa shape index (κ1) is 22.4. The molecule has 2 N–H and O–H groups in total. The Morgan fingerprint density at radius 3 is 2.56 bits per heavy atom. The smallest absolute Gasteiger partial charge is 0.191 e. The fourth-order valence-corrected chi connectivity index (χ4v) is 4.80. The van der Waals surface area contributed by atoms with Crippen LogP contribution >= 0.6 is 0 Å². The Balaban J connectivity index is 2.66. The number of likely N-dealkylation sites (N-methyl/N-ethyl adjacent to an activating group) is 1. The van der Waals surface area contributed by atoms with Crippen molar-refractivity contribution in [3.63, 3.8) is 0 Å². The van der Waals surface area contributed by atoms with Crippen LogP contribution in [0, 0.1) is 5.92 Å². The van der Waals surface area contributed by atoms with Gasteiger partial charge in [-0.15, -0.1) is 0 Å². The second kappa shape index (κ2) is 11.9. The van der Waals surface area contributed by atoms with E-state index >= 15 is 0 Å². The zero-order valence-electron chi connectivity index (χ0n) is 17.2. The van der Waals surface area contributed by atoms with Crippen LogP contribution in [0.4, 0.5) is 0 Å². The zero-order chi connectivity index (χ0) is 18.8. The van der Waals surface area contributed by atoms with Crippen molar-refractivity contribution in [3.05, 3.63) is 0 Å². The van der Waals surface area contributed by atoms with Gasteiger partial charge in [0.05, 0.1) is 6.54 Å². The molecule has 1 aliphatic rings. The molecule has 0 radical (unpaired) electrons. The molecule has 0 amide bonds. The highest BCUT2D eigenvalue weighted by Crippen LogP contribution is 2.23. The molecule has 0 aliphatic heterocycles. The molecule has 0 aromatic heterocycles. The van der Waals surface area contributed by atoms with Crippen molar-refractivity contribution in [2.45, 2.75) is 77.1 Å². The van der Waals surface area contributed by atoms with E-state index in [1.165, 1.54) is 0 Å². The maximum absolute atomic E-state index is 12.1. The van der Waals surface area contributed by atoms with Gasteiger partial charge in [0.2, 0.25) is 0 Å². The van der Waals surface area contributed by atoms with Crippen LogP contribution < -0.4 is 10.6 Å². The van der Waals surface area contributed by atoms with Crippen molar-refractivity contribution in [1.29, 1.82) is 0 Å². The Labute approximate surface area is 157 Å². The van der Waals surface area contributed by atoms with Gasteiger partial charge in [0, 0.05) is 40.4 Å². The molecule has 0 spiro atoms. The van der Waals surface area contributed by atoms with E-state index in [1.54, 1.807) is 0 Å². The monoisotopic (exact) mass is 372 g/mol. The SMILES string of the molecule is CCNC(=NCC(CC(C)C)N(C)C)NC1CCCC(S(=O)CC)C1. The average Bonchev–Trinajstić information content (AvgIpc) is 2.57. The van der Waals surface area contributed by atoms with Gasteiger partial charge in [-0.25, -0.2) is 0 Å². The molecule has 4 atom stereocenters. The summed E-state index contributed by atoms with van der Waals surface area (Å²) in [6.07, 6.45) is 5.54. The maximum atomic E-state index is 12.1. The molecule has 25 heavy (non-hydrogen) atoms. The quantitative estimate of drug-likeness (QED) is 0.482. The van der Waals surface area contributed by atoms with Crippen molar-refractivity contribution < 1.29 is 4.21 Å². The van der Waals surface area contributed by atoms with Crippen molar-refractivity contribution >= 4 is 16.8 Å². The number of hydrogen-bond donors (Lipinski definition) is 2. The second-order valence-corrected chi connectivity index (χ2v) is 9.77. The molecule has 1 rings (SSSR count). The zero-order valence-corrected chi connectivity index (χ0v) is 18.0. The minimum absolute atomic E-state index is 0.342. The summed E-state index contributed by atoms with van der Waals surface area (Å²) in [6, 6.07) is 0.845. The lowest BCUT2D eigenvalue weighted by molar-refractivity contribution is 0.261. The molecule has 5 nitrogen and oxygen atoms in total. The lowest BCUT2D eigenvalue weighted by Gasteiger charge is -2.30. The summed E-state index contributed by atoms with van der Waals surface area (Å²) in [5.41, 5.74) is 0. The molecular weight excluding hydrogens is 332 g/mol. The first-order chi connectivity index (χ1) is 11.9. The van der Waals surface area contributed by atoms with E-state index in [0.29, 0.717) is 23.3 Å². The Bertz CT molecular complexity index is 426. The van der Waals surface area contributed by atoms with Crippen LogP contribution in [0.5, 0.6) is 0 Å². The molecule has 4 unspecified atom stereocenters. The van der Waals surface area contributed by atoms with Crippen LogP contribution in [0.3, 0.4) is 0 Å². The summed E-state index contributed by atoms with van der Waals surface area (Å²) in [5, 5.41) is 7.32. The molecule has 0 saturated heterocycles. The molecule has 1 aliphatic carbocycles. The minimum atomic E-state index is -0.684. The lowest BCUT2D eigenvalue weighted by atomic mass is 9.95. The minimum Gasteiger partial charge on any atom is -0.357 e. The van der Waals surface area contributed by atoms with Crippen molar-refractivity contribution in [2.24, 2.45) is 10.9 Å². The summed E-state index contributed by atoms with van der Waals surface area (Å²) in [7, 11) is 3.58. The van der Waals surface area contributed by atoms with E-state index in [9.17, 15) is 4.21 Å². The highest BCUT2D eigenvalue weighted by molar-refractivity contribution is 7.85. The standard InChI is InChI=1S/C19H40N4OS/c1-7-20-19(21-14-17(23(5)6)12-15(3)4)22-16-10-9-11-18(13-16)25(24)8-2/h15-18H,7-14H2,1-6H3,(H2,20,21,22). The van der Waals surface area contributed by atoms with Crippen LogP contribution in [0.25, 0.3) is 0 Å². The Morgan fingerprint density at radius 1 is 1.28 bits per heavy atom. The predicted octanol–water partition coefficient (Wildman–Crippen LogP) is 2.60. The lowest BCUT2D eigenvalue weighted by Crippen LogP contribution is -2.47. The van der Waals surface area contributed by atoms with Gasteiger partial charge < -0.3 is 15.5 Å². The van der Waals surface area contributed by atoms with Crippen LogP contribution in [0.1, 0.15) is 59.8 Å². The number of rotatable bonds is 9. The van der Waals surface area contributed by atoms with Crippen LogP contribution in [-0.4, -0.2) is 65.3 Å². The van der Waals surface area contributed by atoms with E-state index in [0.717, 1.165) is 56.9 Å². The highest BCUT2D eigenvalue weighted by atomic mass is 32.2. The molecule has 0 bridgehead atoms. The van der Waals surface area contributed by atoms with Gasteiger partial charge >= 0.3 is 0 Å². The third kappa shape index (κ3) is 8.54. The van der Waals surface area contributed by atoms with E-state index in [2.05, 4.69) is 50.4 Å². The summed E-state index contributed by atoms with van der Waals surface area (Å²) < 4.78 is 12.1. The third-order valence-electron chi connectivity index (χ3n) is 4.90. The van der Waals surface area contributed by atoms with Crippen LogP contribution in [0.2, 0.25) is 0 Å². The normalized spacial score (nSPS) is 24.4. The first-order valence-corrected chi connectivity index (χ1v) is 11.3. The average molecular weight is 373 g/mol. The maximum Gasteiger partial charge on any atom is 0.191 e. The van der Waals surface area contributed by atoms with Crippen molar-refractivity contribution in [1.82, 2.24) is 15.5 Å². The number of nitrogens with zero attached hydrogens (tertiary/aromatic N) is 2. The topological polar surface area (TPSA) is 56.7 Å². The molecule has 148 valence electrons. The summed E-state index contributed by atoms with van der Waals surface area (Å²) in [4.78, 5) is 7.12. The number of hydrogen-bond acceptors (Lipinski definition) is 3. The van der Waals surface area contributed by atoms with E-state index in [1.807, 2.05) is 6.92 Å². The Morgan fingerprint density at radius 2 is 2.00 bits per heavy atom. The van der Waals surface area contributed by atoms with Crippen molar-refractivity contribution in [2.75, 3.05) is 32.9 Å².